The van der Waals surface area contributed by atoms with Crippen LogP contribution in [0.2, 0.25) is 0 Å². The lowest BCUT2D eigenvalue weighted by atomic mass is 9.91. The molecular formula is C57H35N3O3. The number of nitrogens with one attached hydrogen (secondary N) is 1. The van der Waals surface area contributed by atoms with Crippen LogP contribution in [-0.4, -0.2) is 11.7 Å². The van der Waals surface area contributed by atoms with Crippen molar-refractivity contribution >= 4 is 77.5 Å². The Balaban J connectivity index is 1.07. The van der Waals surface area contributed by atoms with Gasteiger partial charge in [0.05, 0.1) is 0 Å². The van der Waals surface area contributed by atoms with Gasteiger partial charge in [-0.2, -0.15) is 0 Å². The lowest BCUT2D eigenvalue weighted by Crippen LogP contribution is -2.33. The fraction of sp³-hybridized carbons (Fsp3) is 0.0175. The summed E-state index contributed by atoms with van der Waals surface area (Å²) in [5.74, 6) is 1.40. The molecule has 1 aliphatic rings. The summed E-state index contributed by atoms with van der Waals surface area (Å²) in [6.45, 7) is 0. The molecule has 63 heavy (non-hydrogen) atoms. The fourth-order valence-electron chi connectivity index (χ4n) is 9.50. The van der Waals surface area contributed by atoms with Crippen molar-refractivity contribution in [1.82, 2.24) is 5.32 Å². The van der Waals surface area contributed by atoms with Crippen LogP contribution < -0.4 is 5.32 Å². The third-order valence-corrected chi connectivity index (χ3v) is 12.3. The summed E-state index contributed by atoms with van der Waals surface area (Å²) in [6.07, 6.45) is -0.493. The molecule has 6 heteroatoms. The van der Waals surface area contributed by atoms with Crippen LogP contribution in [0.25, 0.3) is 99.2 Å². The van der Waals surface area contributed by atoms with Gasteiger partial charge in [-0.15, -0.1) is 0 Å². The number of hydrogen-bond donors (Lipinski definition) is 1. The summed E-state index contributed by atoms with van der Waals surface area (Å²) in [4.78, 5) is 10.5. The van der Waals surface area contributed by atoms with Gasteiger partial charge in [0.2, 0.25) is 0 Å². The first-order valence-electron chi connectivity index (χ1n) is 21.2. The average Bonchev–Trinajstić information content (AvgIpc) is 4.06. The largest absolute Gasteiger partial charge is 0.456 e. The number of aliphatic imine (C=N–C) groups is 2. The Hall–Kier alpha value is -8.48. The summed E-state index contributed by atoms with van der Waals surface area (Å²) < 4.78 is 19.9. The van der Waals surface area contributed by atoms with E-state index in [9.17, 15) is 0 Å². The predicted octanol–water partition coefficient (Wildman–Crippen LogP) is 14.9. The van der Waals surface area contributed by atoms with E-state index in [-0.39, 0.29) is 0 Å². The maximum atomic E-state index is 7.07. The van der Waals surface area contributed by atoms with Gasteiger partial charge in [0.1, 0.15) is 45.5 Å². The molecule has 0 radical (unpaired) electrons. The van der Waals surface area contributed by atoms with Gasteiger partial charge in [-0.3, -0.25) is 0 Å². The highest BCUT2D eigenvalue weighted by Gasteiger charge is 2.27. The van der Waals surface area contributed by atoms with Crippen molar-refractivity contribution in [2.24, 2.45) is 9.98 Å². The molecule has 4 heterocycles. The van der Waals surface area contributed by atoms with E-state index in [0.29, 0.717) is 5.84 Å². The Bertz CT molecular complexity index is 3840. The number of fused-ring (bicyclic) bond motifs is 9. The van der Waals surface area contributed by atoms with E-state index in [2.05, 4.69) is 145 Å². The molecule has 0 aliphatic carbocycles. The van der Waals surface area contributed by atoms with E-state index in [1.165, 1.54) is 0 Å². The molecule has 0 saturated heterocycles. The van der Waals surface area contributed by atoms with Crippen LogP contribution in [0.1, 0.15) is 22.9 Å². The molecule has 296 valence electrons. The summed E-state index contributed by atoms with van der Waals surface area (Å²) in [6, 6.07) is 69.1. The molecule has 0 fully saturated rings. The Morgan fingerprint density at radius 1 is 0.365 bits per heavy atom. The van der Waals surface area contributed by atoms with Gasteiger partial charge in [0, 0.05) is 54.6 Å². The Morgan fingerprint density at radius 3 is 1.65 bits per heavy atom. The smallest absolute Gasteiger partial charge is 0.159 e. The molecule has 0 spiro atoms. The number of para-hydroxylation sites is 2. The molecule has 0 bridgehead atoms. The van der Waals surface area contributed by atoms with Crippen LogP contribution in [-0.2, 0) is 0 Å². The van der Waals surface area contributed by atoms with Crippen molar-refractivity contribution < 1.29 is 13.3 Å². The number of furan rings is 3. The van der Waals surface area contributed by atoms with E-state index in [4.69, 9.17) is 23.2 Å². The van der Waals surface area contributed by atoms with Gasteiger partial charge in [-0.1, -0.05) is 152 Å². The van der Waals surface area contributed by atoms with Gasteiger partial charge in [0.25, 0.3) is 0 Å². The van der Waals surface area contributed by atoms with E-state index in [1.54, 1.807) is 0 Å². The van der Waals surface area contributed by atoms with Crippen LogP contribution in [0, 0.1) is 0 Å². The third kappa shape index (κ3) is 5.73. The second kappa shape index (κ2) is 14.0. The Labute approximate surface area is 361 Å². The van der Waals surface area contributed by atoms with Crippen molar-refractivity contribution in [3.63, 3.8) is 0 Å². The summed E-state index contributed by atoms with van der Waals surface area (Å²) in [5, 5.41) is 9.99. The lowest BCUT2D eigenvalue weighted by molar-refractivity contribution is 0.663. The Kier molecular flexibility index (Phi) is 7.87. The zero-order chi connectivity index (χ0) is 41.4. The minimum Gasteiger partial charge on any atom is -0.456 e. The molecule has 1 atom stereocenters. The molecule has 6 nitrogen and oxygen atoms in total. The van der Waals surface area contributed by atoms with E-state index in [1.807, 2.05) is 60.7 Å². The van der Waals surface area contributed by atoms with Crippen LogP contribution in [0.4, 0.5) is 0 Å². The molecule has 12 aromatic rings. The van der Waals surface area contributed by atoms with Gasteiger partial charge in [-0.25, -0.2) is 9.98 Å². The average molecular weight is 810 g/mol. The highest BCUT2D eigenvalue weighted by Crippen LogP contribution is 2.47. The zero-order valence-corrected chi connectivity index (χ0v) is 33.7. The molecule has 1 unspecified atom stereocenters. The topological polar surface area (TPSA) is 76.2 Å². The number of rotatable bonds is 6. The molecular weight excluding hydrogens is 775 g/mol. The van der Waals surface area contributed by atoms with E-state index >= 15 is 0 Å². The van der Waals surface area contributed by atoms with E-state index < -0.39 is 6.17 Å². The van der Waals surface area contributed by atoms with Crippen LogP contribution >= 0.6 is 0 Å². The molecule has 1 N–H and O–H groups in total. The maximum Gasteiger partial charge on any atom is 0.159 e. The van der Waals surface area contributed by atoms with Gasteiger partial charge in [-0.05, 0) is 76.3 Å². The second-order valence-electron chi connectivity index (χ2n) is 16.0. The monoisotopic (exact) mass is 809 g/mol. The lowest BCUT2D eigenvalue weighted by Gasteiger charge is -2.24. The first-order chi connectivity index (χ1) is 31.2. The molecule has 0 amide bonds. The highest BCUT2D eigenvalue weighted by molar-refractivity contribution is 6.21. The minimum atomic E-state index is -0.493. The number of amidine groups is 2. The molecule has 1 aliphatic heterocycles. The molecule has 0 saturated carbocycles. The van der Waals surface area contributed by atoms with Gasteiger partial charge >= 0.3 is 0 Å². The standard InChI is InChI=1S/C57H35N3O3/c1-3-15-34(16-4-1)36-19-11-20-37(31-36)56-58-55(35-17-5-2-6-18-35)59-57(60-56)43-25-14-30-50-53(43)45-33-38(39-23-12-28-48-51(39)41-21-7-9-26-46(41)61-48)32-44(54(45)63-50)40-24-13-29-49-52(40)42-22-8-10-27-47(42)62-49/h1-33,57H,(H,58,59,60). The first-order valence-corrected chi connectivity index (χ1v) is 21.2. The van der Waals surface area contributed by atoms with Gasteiger partial charge in [0.15, 0.2) is 5.84 Å². The summed E-state index contributed by atoms with van der Waals surface area (Å²) in [5.41, 5.74) is 14.2. The number of hydrogen-bond acceptors (Lipinski definition) is 6. The minimum absolute atomic E-state index is 0.493. The molecule has 3 aromatic heterocycles. The molecule has 9 aromatic carbocycles. The summed E-state index contributed by atoms with van der Waals surface area (Å²) in [7, 11) is 0. The fourth-order valence-corrected chi connectivity index (χ4v) is 9.50. The van der Waals surface area contributed by atoms with Crippen LogP contribution in [0.3, 0.4) is 0 Å². The number of benzene rings is 9. The van der Waals surface area contributed by atoms with E-state index in [0.717, 1.165) is 122 Å². The molecule has 13 rings (SSSR count). The SMILES string of the molecule is c1ccc(C2=NC(c3cccc4oc5c(-c6cccc7oc8ccccc8c67)cc(-c6cccc7oc8ccccc8c67)cc5c34)NC(c3cccc(-c4ccccc4)c3)=N2)cc1. The van der Waals surface area contributed by atoms with Crippen molar-refractivity contribution in [3.8, 4) is 33.4 Å². The Morgan fingerprint density at radius 2 is 0.921 bits per heavy atom. The quantitative estimate of drug-likeness (QED) is 0.181. The zero-order valence-electron chi connectivity index (χ0n) is 33.7. The highest BCUT2D eigenvalue weighted by atomic mass is 16.3. The first kappa shape index (κ1) is 35.3. The third-order valence-electron chi connectivity index (χ3n) is 12.3. The predicted molar refractivity (Wildman–Crippen MR) is 256 cm³/mol. The van der Waals surface area contributed by atoms with Crippen LogP contribution in [0.15, 0.2) is 223 Å². The van der Waals surface area contributed by atoms with Crippen molar-refractivity contribution in [2.45, 2.75) is 6.17 Å². The van der Waals surface area contributed by atoms with Crippen molar-refractivity contribution in [1.29, 1.82) is 0 Å². The van der Waals surface area contributed by atoms with Crippen molar-refractivity contribution in [3.05, 3.63) is 217 Å². The van der Waals surface area contributed by atoms with Crippen molar-refractivity contribution in [2.75, 3.05) is 0 Å². The second-order valence-corrected chi connectivity index (χ2v) is 16.0. The maximum absolute atomic E-state index is 7.07. The summed E-state index contributed by atoms with van der Waals surface area (Å²) >= 11 is 0. The van der Waals surface area contributed by atoms with Gasteiger partial charge < -0.3 is 18.6 Å². The van der Waals surface area contributed by atoms with Crippen LogP contribution in [0.5, 0.6) is 0 Å². The normalized spacial score (nSPS) is 14.2. The number of nitrogens with zero attached hydrogens (tertiary/aromatic N) is 2.